The normalized spacial score (nSPS) is 31.7. The predicted molar refractivity (Wildman–Crippen MR) is 100 cm³/mol. The molecule has 4 saturated carbocycles. The second kappa shape index (κ2) is 7.05. The summed E-state index contributed by atoms with van der Waals surface area (Å²) in [4.78, 5) is 24.3. The maximum Gasteiger partial charge on any atom is 0.340 e. The Hall–Kier alpha value is -1.26. The van der Waals surface area contributed by atoms with Crippen LogP contribution in [-0.2, 0) is 9.53 Å². The van der Waals surface area contributed by atoms with Gasteiger partial charge < -0.3 is 10.1 Å². The van der Waals surface area contributed by atoms with Gasteiger partial charge in [0.25, 0.3) is 5.91 Å². The Morgan fingerprint density at radius 2 is 1.69 bits per heavy atom. The van der Waals surface area contributed by atoms with E-state index in [0.29, 0.717) is 6.54 Å². The van der Waals surface area contributed by atoms with Crippen molar-refractivity contribution in [3.63, 3.8) is 0 Å². The van der Waals surface area contributed by atoms with Crippen LogP contribution in [0.3, 0.4) is 0 Å². The Labute approximate surface area is 163 Å². The zero-order valence-electron chi connectivity index (χ0n) is 14.6. The first kappa shape index (κ1) is 18.1. The third-order valence-corrected chi connectivity index (χ3v) is 7.15. The van der Waals surface area contributed by atoms with E-state index in [4.69, 9.17) is 27.9 Å². The van der Waals surface area contributed by atoms with Crippen molar-refractivity contribution in [3.05, 3.63) is 33.8 Å². The molecule has 0 aromatic heterocycles. The van der Waals surface area contributed by atoms with E-state index in [-0.39, 0.29) is 33.5 Å². The van der Waals surface area contributed by atoms with Crippen molar-refractivity contribution in [2.45, 2.75) is 38.5 Å². The summed E-state index contributed by atoms with van der Waals surface area (Å²) < 4.78 is 5.10. The first-order valence-electron chi connectivity index (χ1n) is 9.32. The van der Waals surface area contributed by atoms with Crippen molar-refractivity contribution in [3.8, 4) is 0 Å². The Balaban J connectivity index is 1.28. The van der Waals surface area contributed by atoms with Crippen LogP contribution < -0.4 is 5.32 Å². The van der Waals surface area contributed by atoms with E-state index in [0.717, 1.165) is 17.8 Å². The first-order chi connectivity index (χ1) is 12.4. The smallest absolute Gasteiger partial charge is 0.340 e. The Morgan fingerprint density at radius 1 is 1.08 bits per heavy atom. The van der Waals surface area contributed by atoms with E-state index in [9.17, 15) is 9.59 Å². The number of hydrogen-bond donors (Lipinski definition) is 1. The molecule has 4 aliphatic rings. The molecule has 5 rings (SSSR count). The topological polar surface area (TPSA) is 55.4 Å². The summed E-state index contributed by atoms with van der Waals surface area (Å²) >= 11 is 11.9. The first-order valence-corrected chi connectivity index (χ1v) is 10.1. The van der Waals surface area contributed by atoms with Gasteiger partial charge in [0.15, 0.2) is 6.61 Å². The van der Waals surface area contributed by atoms with Gasteiger partial charge in [0.2, 0.25) is 0 Å². The fraction of sp³-hybridized carbons (Fsp3) is 0.600. The van der Waals surface area contributed by atoms with Gasteiger partial charge >= 0.3 is 5.97 Å². The average Bonchev–Trinajstić information content (AvgIpc) is 2.59. The lowest BCUT2D eigenvalue weighted by molar-refractivity contribution is -0.126. The van der Waals surface area contributed by atoms with Crippen LogP contribution in [0.2, 0.25) is 10.0 Å². The quantitative estimate of drug-likeness (QED) is 0.747. The molecule has 4 bridgehead atoms. The van der Waals surface area contributed by atoms with Crippen molar-refractivity contribution in [1.29, 1.82) is 0 Å². The number of carbonyl (C=O) groups is 2. The van der Waals surface area contributed by atoms with Crippen LogP contribution in [0.5, 0.6) is 0 Å². The minimum Gasteiger partial charge on any atom is -0.452 e. The molecule has 0 spiro atoms. The summed E-state index contributed by atoms with van der Waals surface area (Å²) in [5.74, 6) is 1.65. The van der Waals surface area contributed by atoms with Gasteiger partial charge in [-0.3, -0.25) is 4.79 Å². The summed E-state index contributed by atoms with van der Waals surface area (Å²) in [7, 11) is 0. The molecule has 26 heavy (non-hydrogen) atoms. The summed E-state index contributed by atoms with van der Waals surface area (Å²) in [6.07, 6.45) is 7.84. The maximum atomic E-state index is 12.2. The molecule has 1 aromatic rings. The van der Waals surface area contributed by atoms with Gasteiger partial charge in [-0.25, -0.2) is 4.79 Å². The van der Waals surface area contributed by atoms with E-state index < -0.39 is 5.97 Å². The zero-order valence-corrected chi connectivity index (χ0v) is 16.1. The molecule has 1 amide bonds. The summed E-state index contributed by atoms with van der Waals surface area (Å²) in [6.45, 7) is 0.402. The standard InChI is InChI=1S/C20H23Cl2NO3/c21-16-3-1-2-15(18(16)22)19(25)26-10-17(24)23-11-20-7-12-4-13(8-20)6-14(5-12)9-20/h1-3,12-14H,4-11H2,(H,23,24). The van der Waals surface area contributed by atoms with E-state index in [2.05, 4.69) is 5.32 Å². The number of carbonyl (C=O) groups excluding carboxylic acids is 2. The fourth-order valence-electron chi connectivity index (χ4n) is 5.71. The van der Waals surface area contributed by atoms with Gasteiger partial charge in [-0.05, 0) is 73.8 Å². The summed E-state index contributed by atoms with van der Waals surface area (Å²) in [5.41, 5.74) is 0.443. The van der Waals surface area contributed by atoms with Crippen LogP contribution in [0.25, 0.3) is 0 Å². The van der Waals surface area contributed by atoms with Gasteiger partial charge in [-0.2, -0.15) is 0 Å². The van der Waals surface area contributed by atoms with E-state index >= 15 is 0 Å². The van der Waals surface area contributed by atoms with Crippen LogP contribution in [-0.4, -0.2) is 25.0 Å². The second-order valence-electron chi connectivity index (χ2n) is 8.37. The van der Waals surface area contributed by atoms with Gasteiger partial charge in [-0.15, -0.1) is 0 Å². The zero-order chi connectivity index (χ0) is 18.3. The van der Waals surface area contributed by atoms with E-state index in [1.165, 1.54) is 44.6 Å². The molecule has 0 heterocycles. The van der Waals surface area contributed by atoms with Crippen molar-refractivity contribution < 1.29 is 14.3 Å². The van der Waals surface area contributed by atoms with Crippen molar-refractivity contribution in [1.82, 2.24) is 5.32 Å². The molecule has 0 unspecified atom stereocenters. The lowest BCUT2D eigenvalue weighted by atomic mass is 9.49. The highest BCUT2D eigenvalue weighted by atomic mass is 35.5. The number of amides is 1. The molecule has 0 radical (unpaired) electrons. The van der Waals surface area contributed by atoms with Gasteiger partial charge in [0, 0.05) is 6.54 Å². The Morgan fingerprint density at radius 3 is 2.31 bits per heavy atom. The van der Waals surface area contributed by atoms with Crippen LogP contribution in [0.1, 0.15) is 48.9 Å². The average molecular weight is 396 g/mol. The highest BCUT2D eigenvalue weighted by Gasteiger charge is 2.50. The highest BCUT2D eigenvalue weighted by Crippen LogP contribution is 2.59. The van der Waals surface area contributed by atoms with Crippen LogP contribution >= 0.6 is 23.2 Å². The lowest BCUT2D eigenvalue weighted by Gasteiger charge is -2.56. The molecule has 4 fully saturated rings. The predicted octanol–water partition coefficient (Wildman–Crippen LogP) is 4.48. The number of benzene rings is 1. The number of rotatable bonds is 5. The minimum atomic E-state index is -0.637. The summed E-state index contributed by atoms with van der Waals surface area (Å²) in [6, 6.07) is 4.75. The Kier molecular flexibility index (Phi) is 4.91. The fourth-order valence-corrected chi connectivity index (χ4v) is 6.09. The molecule has 4 nitrogen and oxygen atoms in total. The third-order valence-electron chi connectivity index (χ3n) is 6.33. The number of halogens is 2. The van der Waals surface area contributed by atoms with Crippen LogP contribution in [0.4, 0.5) is 0 Å². The lowest BCUT2D eigenvalue weighted by Crippen LogP contribution is -2.51. The van der Waals surface area contributed by atoms with E-state index in [1.807, 2.05) is 0 Å². The van der Waals surface area contributed by atoms with Gasteiger partial charge in [0.1, 0.15) is 0 Å². The summed E-state index contributed by atoms with van der Waals surface area (Å²) in [5, 5.41) is 3.43. The number of hydrogen-bond acceptors (Lipinski definition) is 3. The van der Waals surface area contributed by atoms with E-state index in [1.54, 1.807) is 12.1 Å². The molecule has 140 valence electrons. The van der Waals surface area contributed by atoms with Crippen molar-refractivity contribution in [2.75, 3.05) is 13.2 Å². The largest absolute Gasteiger partial charge is 0.452 e. The molecular formula is C20H23Cl2NO3. The second-order valence-corrected chi connectivity index (χ2v) is 9.16. The molecule has 4 aliphatic carbocycles. The maximum absolute atomic E-state index is 12.2. The van der Waals surface area contributed by atoms with Gasteiger partial charge in [-0.1, -0.05) is 29.3 Å². The highest BCUT2D eigenvalue weighted by molar-refractivity contribution is 6.43. The SMILES string of the molecule is O=C(COC(=O)c1cccc(Cl)c1Cl)NCC12CC3CC(CC(C3)C1)C2. The van der Waals surface area contributed by atoms with Crippen LogP contribution in [0.15, 0.2) is 18.2 Å². The van der Waals surface area contributed by atoms with Crippen molar-refractivity contribution >= 4 is 35.1 Å². The molecule has 0 aliphatic heterocycles. The monoisotopic (exact) mass is 395 g/mol. The molecular weight excluding hydrogens is 373 g/mol. The molecule has 6 heteroatoms. The molecule has 0 saturated heterocycles. The molecule has 1 N–H and O–H groups in total. The molecule has 1 aromatic carbocycles. The number of nitrogens with one attached hydrogen (secondary N) is 1. The van der Waals surface area contributed by atoms with Crippen LogP contribution in [0, 0.1) is 23.2 Å². The Bertz CT molecular complexity index is 698. The number of esters is 1. The minimum absolute atomic E-state index is 0.146. The molecule has 0 atom stereocenters. The third kappa shape index (κ3) is 3.59. The number of ether oxygens (including phenoxy) is 1. The van der Waals surface area contributed by atoms with Gasteiger partial charge in [0.05, 0.1) is 15.6 Å². The van der Waals surface area contributed by atoms with Crippen molar-refractivity contribution in [2.24, 2.45) is 23.2 Å².